The predicted molar refractivity (Wildman–Crippen MR) is 54.7 cm³/mol. The van der Waals surface area contributed by atoms with Gasteiger partial charge in [0.15, 0.2) is 5.25 Å². The molecule has 1 unspecified atom stereocenters. The van der Waals surface area contributed by atoms with Gasteiger partial charge in [0.25, 0.3) is 0 Å². The highest BCUT2D eigenvalue weighted by atomic mass is 32.2. The van der Waals surface area contributed by atoms with Crippen molar-refractivity contribution in [2.75, 3.05) is 0 Å². The molecule has 5 nitrogen and oxygen atoms in total. The first-order valence-corrected chi connectivity index (χ1v) is 5.74. The minimum atomic E-state index is -4.13. The molecule has 0 bridgehead atoms. The summed E-state index contributed by atoms with van der Waals surface area (Å²) in [5.74, 6) is -1.47. The van der Waals surface area contributed by atoms with Gasteiger partial charge in [-0.1, -0.05) is 29.8 Å². The Hall–Kier alpha value is -1.40. The van der Waals surface area contributed by atoms with Gasteiger partial charge < -0.3 is 5.11 Å². The normalized spacial score (nSPS) is 13.5. The standard InChI is InChI=1S/C9H11NO4S/c1-6-2-4-7(5-3-6)8(9(11)12)15(10,13)14/h2-5,8H,1H3,(H,11,12)(H2,10,13,14). The fourth-order valence-corrected chi connectivity index (χ4v) is 2.03. The summed E-state index contributed by atoms with van der Waals surface area (Å²) >= 11 is 0. The zero-order valence-electron chi connectivity index (χ0n) is 8.04. The Bertz CT molecular complexity index is 463. The Morgan fingerprint density at radius 3 is 2.13 bits per heavy atom. The molecule has 0 radical (unpaired) electrons. The highest BCUT2D eigenvalue weighted by molar-refractivity contribution is 7.90. The Kier molecular flexibility index (Phi) is 3.11. The van der Waals surface area contributed by atoms with Crippen LogP contribution in [0.25, 0.3) is 0 Å². The Labute approximate surface area is 87.6 Å². The minimum absolute atomic E-state index is 0.163. The van der Waals surface area contributed by atoms with Crippen LogP contribution < -0.4 is 5.14 Å². The maximum atomic E-state index is 11.1. The van der Waals surface area contributed by atoms with E-state index >= 15 is 0 Å². The molecule has 3 N–H and O–H groups in total. The summed E-state index contributed by atoms with van der Waals surface area (Å²) in [6.07, 6.45) is 0. The molecule has 1 aromatic carbocycles. The summed E-state index contributed by atoms with van der Waals surface area (Å²) in [6, 6.07) is 6.16. The number of benzene rings is 1. The van der Waals surface area contributed by atoms with Crippen LogP contribution in [0, 0.1) is 6.92 Å². The van der Waals surface area contributed by atoms with E-state index in [9.17, 15) is 13.2 Å². The topological polar surface area (TPSA) is 97.5 Å². The van der Waals surface area contributed by atoms with Crippen molar-refractivity contribution in [2.45, 2.75) is 12.2 Å². The van der Waals surface area contributed by atoms with Crippen LogP contribution in [0.1, 0.15) is 16.4 Å². The zero-order chi connectivity index (χ0) is 11.6. The van der Waals surface area contributed by atoms with Crippen molar-refractivity contribution in [3.8, 4) is 0 Å². The van der Waals surface area contributed by atoms with E-state index in [0.717, 1.165) is 5.56 Å². The first-order valence-electron chi connectivity index (χ1n) is 4.13. The number of carboxylic acids is 1. The smallest absolute Gasteiger partial charge is 0.327 e. The van der Waals surface area contributed by atoms with Crippen LogP contribution in [0.15, 0.2) is 24.3 Å². The molecule has 1 atom stereocenters. The van der Waals surface area contributed by atoms with E-state index in [1.807, 2.05) is 6.92 Å². The van der Waals surface area contributed by atoms with Crippen molar-refractivity contribution in [1.29, 1.82) is 0 Å². The molecule has 0 aliphatic heterocycles. The quantitative estimate of drug-likeness (QED) is 0.784. The third-order valence-electron chi connectivity index (χ3n) is 1.93. The third kappa shape index (κ3) is 2.77. The first kappa shape index (κ1) is 11.7. The molecule has 0 fully saturated rings. The lowest BCUT2D eigenvalue weighted by atomic mass is 10.1. The summed E-state index contributed by atoms with van der Waals surface area (Å²) in [4.78, 5) is 10.8. The van der Waals surface area contributed by atoms with Gasteiger partial charge in [-0.15, -0.1) is 0 Å². The molecule has 0 spiro atoms. The molecule has 0 heterocycles. The summed E-state index contributed by atoms with van der Waals surface area (Å²) in [6.45, 7) is 1.82. The third-order valence-corrected chi connectivity index (χ3v) is 3.06. The van der Waals surface area contributed by atoms with Crippen molar-refractivity contribution in [3.05, 3.63) is 35.4 Å². The van der Waals surface area contributed by atoms with Crippen LogP contribution in [0.3, 0.4) is 0 Å². The zero-order valence-corrected chi connectivity index (χ0v) is 8.86. The summed E-state index contributed by atoms with van der Waals surface area (Å²) in [5.41, 5.74) is 1.08. The summed E-state index contributed by atoms with van der Waals surface area (Å²) in [7, 11) is -4.13. The molecule has 82 valence electrons. The van der Waals surface area contributed by atoms with Crippen LogP contribution >= 0.6 is 0 Å². The Balaban J connectivity index is 3.23. The van der Waals surface area contributed by atoms with E-state index in [-0.39, 0.29) is 5.56 Å². The minimum Gasteiger partial charge on any atom is -0.480 e. The molecule has 0 saturated carbocycles. The monoisotopic (exact) mass is 229 g/mol. The largest absolute Gasteiger partial charge is 0.480 e. The number of hydrogen-bond donors (Lipinski definition) is 2. The average Bonchev–Trinajstić information content (AvgIpc) is 2.05. The van der Waals surface area contributed by atoms with Crippen molar-refractivity contribution in [3.63, 3.8) is 0 Å². The number of carbonyl (C=O) groups is 1. The van der Waals surface area contributed by atoms with Crippen molar-refractivity contribution < 1.29 is 18.3 Å². The molecule has 0 amide bonds. The second-order valence-electron chi connectivity index (χ2n) is 3.22. The van der Waals surface area contributed by atoms with Crippen LogP contribution in [0.2, 0.25) is 0 Å². The molecule has 0 aromatic heterocycles. The Morgan fingerprint density at radius 2 is 1.80 bits per heavy atom. The van der Waals surface area contributed by atoms with Crippen molar-refractivity contribution >= 4 is 16.0 Å². The number of hydrogen-bond acceptors (Lipinski definition) is 3. The number of aliphatic carboxylic acids is 1. The van der Waals surface area contributed by atoms with Crippen LogP contribution in [-0.2, 0) is 14.8 Å². The second-order valence-corrected chi connectivity index (χ2v) is 4.87. The van der Waals surface area contributed by atoms with Gasteiger partial charge in [0, 0.05) is 0 Å². The van der Waals surface area contributed by atoms with E-state index in [4.69, 9.17) is 10.2 Å². The fourth-order valence-electron chi connectivity index (χ4n) is 1.21. The first-order chi connectivity index (χ1) is 6.82. The molecule has 15 heavy (non-hydrogen) atoms. The molecule has 6 heteroatoms. The highest BCUT2D eigenvalue weighted by Crippen LogP contribution is 2.20. The molecule has 0 saturated heterocycles. The van der Waals surface area contributed by atoms with E-state index in [1.165, 1.54) is 12.1 Å². The molecular weight excluding hydrogens is 218 g/mol. The van der Waals surface area contributed by atoms with Gasteiger partial charge in [-0.2, -0.15) is 0 Å². The van der Waals surface area contributed by atoms with Crippen LogP contribution in [0.5, 0.6) is 0 Å². The number of sulfonamides is 1. The van der Waals surface area contributed by atoms with Gasteiger partial charge in [-0.05, 0) is 12.5 Å². The average molecular weight is 229 g/mol. The summed E-state index contributed by atoms with van der Waals surface area (Å²) < 4.78 is 22.1. The van der Waals surface area contributed by atoms with E-state index in [0.29, 0.717) is 0 Å². The van der Waals surface area contributed by atoms with E-state index in [2.05, 4.69) is 0 Å². The van der Waals surface area contributed by atoms with Gasteiger partial charge in [0.05, 0.1) is 0 Å². The molecule has 1 aromatic rings. The summed E-state index contributed by atoms with van der Waals surface area (Å²) in [5, 5.41) is 11.9. The van der Waals surface area contributed by atoms with E-state index in [1.54, 1.807) is 12.1 Å². The highest BCUT2D eigenvalue weighted by Gasteiger charge is 2.30. The van der Waals surface area contributed by atoms with Gasteiger partial charge in [-0.25, -0.2) is 13.6 Å². The van der Waals surface area contributed by atoms with Gasteiger partial charge in [0.2, 0.25) is 10.0 Å². The molecule has 0 aliphatic rings. The van der Waals surface area contributed by atoms with Gasteiger partial charge >= 0.3 is 5.97 Å². The van der Waals surface area contributed by atoms with Crippen LogP contribution in [-0.4, -0.2) is 19.5 Å². The lowest BCUT2D eigenvalue weighted by Crippen LogP contribution is -2.28. The molecule has 0 aliphatic carbocycles. The maximum Gasteiger partial charge on any atom is 0.327 e. The number of rotatable bonds is 3. The van der Waals surface area contributed by atoms with Gasteiger partial charge in [-0.3, -0.25) is 4.79 Å². The van der Waals surface area contributed by atoms with Gasteiger partial charge in [0.1, 0.15) is 0 Å². The lowest BCUT2D eigenvalue weighted by molar-refractivity contribution is -0.136. The second kappa shape index (κ2) is 4.00. The maximum absolute atomic E-state index is 11.1. The van der Waals surface area contributed by atoms with E-state index < -0.39 is 21.2 Å². The number of nitrogens with two attached hydrogens (primary N) is 1. The van der Waals surface area contributed by atoms with Crippen molar-refractivity contribution in [1.82, 2.24) is 0 Å². The molecule has 1 rings (SSSR count). The van der Waals surface area contributed by atoms with Crippen molar-refractivity contribution in [2.24, 2.45) is 5.14 Å². The number of aryl methyl sites for hydroxylation is 1. The predicted octanol–water partition coefficient (Wildman–Crippen LogP) is 0.409. The van der Waals surface area contributed by atoms with Crippen LogP contribution in [0.4, 0.5) is 0 Å². The fraction of sp³-hybridized carbons (Fsp3) is 0.222. The lowest BCUT2D eigenvalue weighted by Gasteiger charge is -2.10. The molecular formula is C9H11NO4S. The number of carboxylic acid groups (broad SMARTS) is 1. The Morgan fingerprint density at radius 1 is 1.33 bits per heavy atom. The SMILES string of the molecule is Cc1ccc(C(C(=O)O)S(N)(=O)=O)cc1. The number of primary sulfonamides is 1.